The molecule has 0 amide bonds. The smallest absolute Gasteiger partial charge is 0.280 e. The molecule has 0 aliphatic heterocycles. The lowest BCUT2D eigenvalue weighted by Gasteiger charge is -2.07. The minimum Gasteiger partial charge on any atom is -0.396 e. The molecule has 1 atom stereocenters. The Kier molecular flexibility index (Phi) is 2.69. The molecule has 2 aromatic rings. The Labute approximate surface area is 91.3 Å². The first kappa shape index (κ1) is 10.7. The summed E-state index contributed by atoms with van der Waals surface area (Å²) < 4.78 is 2.76. The van der Waals surface area contributed by atoms with Crippen LogP contribution in [0.1, 0.15) is 6.92 Å². The van der Waals surface area contributed by atoms with Crippen LogP contribution in [0.15, 0.2) is 11.0 Å². The maximum Gasteiger partial charge on any atom is 0.280 e. The molecule has 0 radical (unpaired) electrons. The number of aliphatic hydroxyl groups excluding tert-OH is 1. The monoisotopic (exact) mass is 223 g/mol. The number of hydrogen-bond donors (Lipinski definition) is 1. The molecule has 16 heavy (non-hydrogen) atoms. The molecule has 0 bridgehead atoms. The highest BCUT2D eigenvalue weighted by molar-refractivity contribution is 5.72. The van der Waals surface area contributed by atoms with Gasteiger partial charge in [0, 0.05) is 13.7 Å². The number of rotatable bonds is 3. The molecule has 0 saturated carbocycles. The zero-order valence-corrected chi connectivity index (χ0v) is 9.16. The topological polar surface area (TPSA) is 85.8 Å². The van der Waals surface area contributed by atoms with Gasteiger partial charge in [0.15, 0.2) is 5.65 Å². The van der Waals surface area contributed by atoms with Crippen LogP contribution in [-0.4, -0.2) is 36.5 Å². The van der Waals surface area contributed by atoms with Gasteiger partial charge in [-0.1, -0.05) is 12.1 Å². The summed E-state index contributed by atoms with van der Waals surface area (Å²) in [6, 6.07) is 0. The van der Waals surface area contributed by atoms with Crippen LogP contribution < -0.4 is 5.56 Å². The molecule has 7 nitrogen and oxygen atoms in total. The molecule has 2 heterocycles. The lowest BCUT2D eigenvalue weighted by Crippen LogP contribution is -2.27. The molecule has 7 heteroatoms. The van der Waals surface area contributed by atoms with Crippen LogP contribution in [0, 0.1) is 5.92 Å². The fraction of sp³-hybridized carbons (Fsp3) is 0.556. The first-order valence-corrected chi connectivity index (χ1v) is 5.00. The summed E-state index contributed by atoms with van der Waals surface area (Å²) in [6.45, 7) is 2.20. The summed E-state index contributed by atoms with van der Waals surface area (Å²) in [4.78, 5) is 11.9. The highest BCUT2D eigenvalue weighted by Gasteiger charge is 2.11. The van der Waals surface area contributed by atoms with Crippen LogP contribution in [-0.2, 0) is 13.6 Å². The predicted molar refractivity (Wildman–Crippen MR) is 56.8 cm³/mol. The minimum absolute atomic E-state index is 0.0131. The van der Waals surface area contributed by atoms with Crippen molar-refractivity contribution in [2.75, 3.05) is 6.61 Å². The van der Waals surface area contributed by atoms with Crippen molar-refractivity contribution >= 4 is 11.0 Å². The van der Waals surface area contributed by atoms with Gasteiger partial charge in [-0.25, -0.2) is 9.36 Å². The second-order valence-corrected chi connectivity index (χ2v) is 3.87. The van der Waals surface area contributed by atoms with Gasteiger partial charge in [-0.15, -0.1) is 5.10 Å². The molecule has 0 spiro atoms. The van der Waals surface area contributed by atoms with E-state index in [4.69, 9.17) is 5.11 Å². The van der Waals surface area contributed by atoms with Crippen molar-refractivity contribution in [3.63, 3.8) is 0 Å². The lowest BCUT2D eigenvalue weighted by molar-refractivity contribution is 0.216. The second kappa shape index (κ2) is 4.01. The summed E-state index contributed by atoms with van der Waals surface area (Å²) >= 11 is 0. The molecule has 0 saturated heterocycles. The minimum atomic E-state index is -0.224. The molecule has 86 valence electrons. The molecule has 0 fully saturated rings. The Morgan fingerprint density at radius 1 is 1.56 bits per heavy atom. The third-order valence-electron chi connectivity index (χ3n) is 2.42. The van der Waals surface area contributed by atoms with Crippen molar-refractivity contribution in [1.29, 1.82) is 0 Å². The van der Waals surface area contributed by atoms with E-state index in [0.29, 0.717) is 17.6 Å². The molecule has 0 aliphatic carbocycles. The van der Waals surface area contributed by atoms with E-state index < -0.39 is 0 Å². The Bertz CT molecular complexity index is 559. The van der Waals surface area contributed by atoms with Crippen molar-refractivity contribution < 1.29 is 5.11 Å². The normalized spacial score (nSPS) is 13.2. The van der Waals surface area contributed by atoms with Gasteiger partial charge >= 0.3 is 0 Å². The summed E-state index contributed by atoms with van der Waals surface area (Å²) in [5, 5.41) is 21.0. The molecule has 2 aromatic heterocycles. The van der Waals surface area contributed by atoms with Crippen LogP contribution >= 0.6 is 0 Å². The summed E-state index contributed by atoms with van der Waals surface area (Å²) in [5.74, 6) is -0.0267. The summed E-state index contributed by atoms with van der Waals surface area (Å²) in [7, 11) is 1.71. The first-order chi connectivity index (χ1) is 7.63. The predicted octanol–water partition coefficient (Wildman–Crippen LogP) is -0.847. The van der Waals surface area contributed by atoms with E-state index >= 15 is 0 Å². The molecular weight excluding hydrogens is 210 g/mol. The Morgan fingerprint density at radius 3 is 3.00 bits per heavy atom. The Hall–Kier alpha value is -1.76. The van der Waals surface area contributed by atoms with Gasteiger partial charge in [0.1, 0.15) is 5.39 Å². The fourth-order valence-electron chi connectivity index (χ4n) is 1.45. The van der Waals surface area contributed by atoms with E-state index in [2.05, 4.69) is 15.4 Å². The van der Waals surface area contributed by atoms with E-state index in [9.17, 15) is 4.79 Å². The third kappa shape index (κ3) is 1.69. The summed E-state index contributed by atoms with van der Waals surface area (Å²) in [5.41, 5.74) is 0.247. The van der Waals surface area contributed by atoms with Gasteiger partial charge < -0.3 is 5.11 Å². The zero-order valence-electron chi connectivity index (χ0n) is 9.16. The summed E-state index contributed by atoms with van der Waals surface area (Å²) in [6.07, 6.45) is 1.48. The molecule has 0 aromatic carbocycles. The zero-order chi connectivity index (χ0) is 11.7. The van der Waals surface area contributed by atoms with Crippen LogP contribution in [0.3, 0.4) is 0 Å². The van der Waals surface area contributed by atoms with Gasteiger partial charge in [-0.3, -0.25) is 4.79 Å². The highest BCUT2D eigenvalue weighted by Crippen LogP contribution is 2.02. The quantitative estimate of drug-likeness (QED) is 0.732. The Balaban J connectivity index is 2.49. The van der Waals surface area contributed by atoms with Gasteiger partial charge in [0.2, 0.25) is 0 Å². The van der Waals surface area contributed by atoms with E-state index in [1.807, 2.05) is 6.92 Å². The lowest BCUT2D eigenvalue weighted by atomic mass is 10.2. The number of fused-ring (bicyclic) bond motifs is 1. The third-order valence-corrected chi connectivity index (χ3v) is 2.42. The highest BCUT2D eigenvalue weighted by atomic mass is 16.3. The van der Waals surface area contributed by atoms with Crippen molar-refractivity contribution in [2.24, 2.45) is 13.0 Å². The maximum absolute atomic E-state index is 11.9. The van der Waals surface area contributed by atoms with Gasteiger partial charge in [-0.05, 0) is 5.92 Å². The number of aromatic nitrogens is 5. The fourth-order valence-corrected chi connectivity index (χ4v) is 1.45. The van der Waals surface area contributed by atoms with Crippen LogP contribution in [0.2, 0.25) is 0 Å². The molecule has 1 unspecified atom stereocenters. The SMILES string of the molecule is CC(CO)Cn1nnc2c(cnn2C)c1=O. The van der Waals surface area contributed by atoms with Crippen molar-refractivity contribution in [3.8, 4) is 0 Å². The largest absolute Gasteiger partial charge is 0.396 e. The molecule has 1 N–H and O–H groups in total. The average molecular weight is 223 g/mol. The number of nitrogens with zero attached hydrogens (tertiary/aromatic N) is 5. The van der Waals surface area contributed by atoms with Crippen LogP contribution in [0.5, 0.6) is 0 Å². The van der Waals surface area contributed by atoms with Crippen molar-refractivity contribution in [2.45, 2.75) is 13.5 Å². The number of aliphatic hydroxyl groups is 1. The molecular formula is C9H13N5O2. The van der Waals surface area contributed by atoms with E-state index in [-0.39, 0.29) is 18.1 Å². The van der Waals surface area contributed by atoms with Gasteiger partial charge in [0.25, 0.3) is 5.56 Å². The van der Waals surface area contributed by atoms with Crippen molar-refractivity contribution in [3.05, 3.63) is 16.6 Å². The standard InChI is InChI=1S/C9H13N5O2/c1-6(5-15)4-14-9(16)7-3-10-13(2)8(7)11-12-14/h3,6,15H,4-5H2,1-2H3. The van der Waals surface area contributed by atoms with Crippen LogP contribution in [0.4, 0.5) is 0 Å². The maximum atomic E-state index is 11.9. The van der Waals surface area contributed by atoms with Crippen LogP contribution in [0.25, 0.3) is 11.0 Å². The van der Waals surface area contributed by atoms with E-state index in [1.54, 1.807) is 7.05 Å². The van der Waals surface area contributed by atoms with Crippen molar-refractivity contribution in [1.82, 2.24) is 24.8 Å². The van der Waals surface area contributed by atoms with E-state index in [1.165, 1.54) is 15.6 Å². The second-order valence-electron chi connectivity index (χ2n) is 3.87. The van der Waals surface area contributed by atoms with E-state index in [0.717, 1.165) is 0 Å². The van der Waals surface area contributed by atoms with Gasteiger partial charge in [0.05, 0.1) is 12.7 Å². The first-order valence-electron chi connectivity index (χ1n) is 5.00. The molecule has 0 aliphatic rings. The Morgan fingerprint density at radius 2 is 2.31 bits per heavy atom. The number of aryl methyl sites for hydroxylation is 1. The van der Waals surface area contributed by atoms with Gasteiger partial charge in [-0.2, -0.15) is 5.10 Å². The number of hydrogen-bond acceptors (Lipinski definition) is 5. The molecule has 2 rings (SSSR count). The average Bonchev–Trinajstić information content (AvgIpc) is 2.65.